The molecule has 1 amide bonds. The molecule has 8 heteroatoms. The van der Waals surface area contributed by atoms with Gasteiger partial charge in [-0.15, -0.1) is 0 Å². The number of aliphatic carboxylic acids is 1. The minimum absolute atomic E-state index is 0.116. The lowest BCUT2D eigenvalue weighted by molar-refractivity contribution is -0.188. The zero-order valence-corrected chi connectivity index (χ0v) is 21.7. The van der Waals surface area contributed by atoms with Crippen molar-refractivity contribution in [2.24, 2.45) is 11.3 Å². The Labute approximate surface area is 208 Å². The average molecular weight is 489 g/mol. The summed E-state index contributed by atoms with van der Waals surface area (Å²) >= 11 is 0. The van der Waals surface area contributed by atoms with Gasteiger partial charge in [0.2, 0.25) is 6.79 Å². The average Bonchev–Trinajstić information content (AvgIpc) is 3.40. The molecule has 8 nitrogen and oxygen atoms in total. The molecule has 3 atom stereocenters. The van der Waals surface area contributed by atoms with Crippen LogP contribution in [0.4, 0.5) is 0 Å². The summed E-state index contributed by atoms with van der Waals surface area (Å²) in [5.74, 6) is -0.629. The molecule has 1 aromatic rings. The first-order valence-corrected chi connectivity index (χ1v) is 12.6. The third-order valence-corrected chi connectivity index (χ3v) is 6.71. The number of hydrogen-bond donors (Lipinski definition) is 1. The van der Waals surface area contributed by atoms with Crippen LogP contribution in [0.3, 0.4) is 0 Å². The molecule has 35 heavy (non-hydrogen) atoms. The third kappa shape index (κ3) is 6.55. The van der Waals surface area contributed by atoms with Crippen LogP contribution in [0.15, 0.2) is 30.4 Å². The number of benzene rings is 1. The Morgan fingerprint density at radius 3 is 2.63 bits per heavy atom. The van der Waals surface area contributed by atoms with Gasteiger partial charge in [-0.25, -0.2) is 5.06 Å². The Morgan fingerprint density at radius 1 is 1.23 bits per heavy atom. The summed E-state index contributed by atoms with van der Waals surface area (Å²) < 4.78 is 11.0. The minimum Gasteiger partial charge on any atom is -0.481 e. The molecule has 1 aromatic carbocycles. The van der Waals surface area contributed by atoms with E-state index in [9.17, 15) is 14.7 Å². The van der Waals surface area contributed by atoms with E-state index < -0.39 is 11.9 Å². The van der Waals surface area contributed by atoms with Gasteiger partial charge in [0.15, 0.2) is 11.5 Å². The van der Waals surface area contributed by atoms with E-state index in [1.807, 2.05) is 49.9 Å². The van der Waals surface area contributed by atoms with Crippen molar-refractivity contribution in [3.8, 4) is 11.5 Å². The van der Waals surface area contributed by atoms with Crippen LogP contribution in [0.2, 0.25) is 0 Å². The lowest BCUT2D eigenvalue weighted by Gasteiger charge is -2.33. The lowest BCUT2D eigenvalue weighted by atomic mass is 9.77. The molecule has 3 rings (SSSR count). The van der Waals surface area contributed by atoms with Crippen LogP contribution < -0.4 is 9.47 Å². The van der Waals surface area contributed by atoms with Gasteiger partial charge >= 0.3 is 5.97 Å². The smallest absolute Gasteiger partial charge is 0.308 e. The van der Waals surface area contributed by atoms with E-state index in [2.05, 4.69) is 19.9 Å². The van der Waals surface area contributed by atoms with Crippen molar-refractivity contribution in [1.29, 1.82) is 0 Å². The summed E-state index contributed by atoms with van der Waals surface area (Å²) in [6.07, 6.45) is 6.31. The maximum absolute atomic E-state index is 13.3. The maximum atomic E-state index is 13.3. The van der Waals surface area contributed by atoms with Gasteiger partial charge in [-0.1, -0.05) is 45.9 Å². The number of carbonyl (C=O) groups is 2. The van der Waals surface area contributed by atoms with Crippen molar-refractivity contribution in [3.63, 3.8) is 0 Å². The second-order valence-corrected chi connectivity index (χ2v) is 10.1. The van der Waals surface area contributed by atoms with Crippen LogP contribution in [0, 0.1) is 11.3 Å². The number of carboxylic acid groups (broad SMARTS) is 1. The topological polar surface area (TPSA) is 88.5 Å². The molecule has 0 saturated carbocycles. The molecule has 2 heterocycles. The summed E-state index contributed by atoms with van der Waals surface area (Å²) in [7, 11) is 0. The van der Waals surface area contributed by atoms with Crippen LogP contribution in [0.1, 0.15) is 65.4 Å². The van der Waals surface area contributed by atoms with Gasteiger partial charge in [-0.2, -0.15) is 0 Å². The number of likely N-dealkylation sites (tertiary alicyclic amines) is 1. The predicted molar refractivity (Wildman–Crippen MR) is 133 cm³/mol. The van der Waals surface area contributed by atoms with E-state index in [-0.39, 0.29) is 36.6 Å². The molecule has 0 aliphatic carbocycles. The number of hydroxylamine groups is 2. The molecule has 2 aliphatic heterocycles. The summed E-state index contributed by atoms with van der Waals surface area (Å²) in [5.41, 5.74) is 0.665. The Kier molecular flexibility index (Phi) is 9.19. The number of amides is 1. The Morgan fingerprint density at radius 2 is 1.97 bits per heavy atom. The summed E-state index contributed by atoms with van der Waals surface area (Å²) in [5, 5.41) is 11.8. The van der Waals surface area contributed by atoms with E-state index in [4.69, 9.17) is 14.3 Å². The highest BCUT2D eigenvalue weighted by Crippen LogP contribution is 2.45. The molecule has 0 bridgehead atoms. The van der Waals surface area contributed by atoms with Gasteiger partial charge in [0.25, 0.3) is 5.91 Å². The number of fused-ring (bicyclic) bond motifs is 1. The van der Waals surface area contributed by atoms with Crippen LogP contribution in [-0.2, 0) is 14.4 Å². The van der Waals surface area contributed by atoms with Crippen molar-refractivity contribution in [1.82, 2.24) is 9.96 Å². The highest BCUT2D eigenvalue weighted by atomic mass is 16.7. The molecule has 1 fully saturated rings. The molecular weight excluding hydrogens is 448 g/mol. The fourth-order valence-electron chi connectivity index (χ4n) is 5.20. The normalized spacial score (nSPS) is 22.1. The SMILES string of the molecule is CC=CC(C)(C)C[C@H]1[C@H](C(=O)O)[C@@H](c2ccc3c(c2)OCO3)CN1CC(=O)N(CCC)OCCC. The van der Waals surface area contributed by atoms with Crippen molar-refractivity contribution >= 4 is 11.9 Å². The summed E-state index contributed by atoms with van der Waals surface area (Å²) in [6, 6.07) is 5.33. The minimum atomic E-state index is -0.850. The fraction of sp³-hybridized carbons (Fsp3) is 0.630. The summed E-state index contributed by atoms with van der Waals surface area (Å²) in [4.78, 5) is 33.7. The van der Waals surface area contributed by atoms with Crippen molar-refractivity contribution in [2.45, 2.75) is 65.8 Å². The Balaban J connectivity index is 1.92. The molecule has 0 aromatic heterocycles. The number of ether oxygens (including phenoxy) is 2. The maximum Gasteiger partial charge on any atom is 0.308 e. The third-order valence-electron chi connectivity index (χ3n) is 6.71. The zero-order valence-electron chi connectivity index (χ0n) is 21.7. The van der Waals surface area contributed by atoms with E-state index >= 15 is 0 Å². The first-order valence-electron chi connectivity index (χ1n) is 12.6. The largest absolute Gasteiger partial charge is 0.481 e. The molecule has 1 N–H and O–H groups in total. The van der Waals surface area contributed by atoms with Gasteiger partial charge < -0.3 is 14.6 Å². The molecule has 2 aliphatic rings. The number of hydrogen-bond acceptors (Lipinski definition) is 6. The monoisotopic (exact) mass is 488 g/mol. The Bertz CT molecular complexity index is 915. The first kappa shape index (κ1) is 27.0. The van der Waals surface area contributed by atoms with Crippen LogP contribution >= 0.6 is 0 Å². The van der Waals surface area contributed by atoms with Gasteiger partial charge in [0.05, 0.1) is 19.1 Å². The second kappa shape index (κ2) is 11.9. The van der Waals surface area contributed by atoms with Crippen molar-refractivity contribution < 1.29 is 29.0 Å². The van der Waals surface area contributed by atoms with Crippen LogP contribution in [0.5, 0.6) is 11.5 Å². The number of carboxylic acids is 1. The highest BCUT2D eigenvalue weighted by Gasteiger charge is 2.48. The standard InChI is InChI=1S/C27H40N2O6/c1-6-11-27(4,5)15-21-25(26(31)32)20(19-9-10-22-23(14-19)34-18-33-22)16-28(21)17-24(30)29(12-7-2)35-13-8-3/h6,9-11,14,20-21,25H,7-8,12-13,15-18H2,1-5H3,(H,31,32)/t20-,21+,25-/m1/s1. The lowest BCUT2D eigenvalue weighted by Crippen LogP contribution is -2.45. The van der Waals surface area contributed by atoms with E-state index in [1.165, 1.54) is 5.06 Å². The van der Waals surface area contributed by atoms with E-state index in [1.54, 1.807) is 0 Å². The number of nitrogens with zero attached hydrogens (tertiary/aromatic N) is 2. The van der Waals surface area contributed by atoms with Crippen molar-refractivity contribution in [2.75, 3.05) is 33.0 Å². The van der Waals surface area contributed by atoms with E-state index in [0.29, 0.717) is 37.6 Å². The fourth-order valence-corrected chi connectivity index (χ4v) is 5.20. The Hall–Kier alpha value is -2.58. The van der Waals surface area contributed by atoms with Gasteiger partial charge in [-0.3, -0.25) is 19.3 Å². The molecule has 0 spiro atoms. The summed E-state index contributed by atoms with van der Waals surface area (Å²) in [6.45, 7) is 11.9. The van der Waals surface area contributed by atoms with Gasteiger partial charge in [-0.05, 0) is 49.3 Å². The quantitative estimate of drug-likeness (QED) is 0.343. The van der Waals surface area contributed by atoms with Gasteiger partial charge in [0.1, 0.15) is 0 Å². The van der Waals surface area contributed by atoms with Gasteiger partial charge in [0, 0.05) is 25.0 Å². The molecule has 0 radical (unpaired) electrons. The molecule has 0 unspecified atom stereocenters. The number of carbonyl (C=O) groups excluding carboxylic acids is 1. The zero-order chi connectivity index (χ0) is 25.6. The molecular formula is C27H40N2O6. The number of allylic oxidation sites excluding steroid dienone is 2. The number of rotatable bonds is 12. The second-order valence-electron chi connectivity index (χ2n) is 10.1. The highest BCUT2D eigenvalue weighted by molar-refractivity contribution is 5.78. The molecule has 1 saturated heterocycles. The molecule has 194 valence electrons. The van der Waals surface area contributed by atoms with Crippen LogP contribution in [-0.4, -0.2) is 66.0 Å². The first-order chi connectivity index (χ1) is 16.7. The van der Waals surface area contributed by atoms with E-state index in [0.717, 1.165) is 18.4 Å². The van der Waals surface area contributed by atoms with Crippen LogP contribution in [0.25, 0.3) is 0 Å². The predicted octanol–water partition coefficient (Wildman–Crippen LogP) is 4.46. The van der Waals surface area contributed by atoms with Crippen molar-refractivity contribution in [3.05, 3.63) is 35.9 Å².